The van der Waals surface area contributed by atoms with Gasteiger partial charge in [0.05, 0.1) is 5.02 Å². The maximum absolute atomic E-state index is 5.92. The molecule has 0 radical (unpaired) electrons. The van der Waals surface area contributed by atoms with Gasteiger partial charge in [0, 0.05) is 24.5 Å². The molecule has 2 aromatic heterocycles. The van der Waals surface area contributed by atoms with Gasteiger partial charge in [-0.15, -0.1) is 5.10 Å². The standard InChI is InChI=1S/C14H14ClN5O/c15-10-4-5-13-18-14(19-20(13)9-10)17-11-2-1-3-12(8-11)21-7-6-16/h1-5,8-9H,6-7,16H2,(H,17,19). The predicted molar refractivity (Wildman–Crippen MR) is 82.3 cm³/mol. The van der Waals surface area contributed by atoms with Crippen LogP contribution in [0.5, 0.6) is 5.75 Å². The van der Waals surface area contributed by atoms with Crippen LogP contribution in [0.3, 0.4) is 0 Å². The van der Waals surface area contributed by atoms with Gasteiger partial charge >= 0.3 is 0 Å². The van der Waals surface area contributed by atoms with E-state index in [1.807, 2.05) is 24.3 Å². The number of rotatable bonds is 5. The van der Waals surface area contributed by atoms with E-state index in [0.717, 1.165) is 17.1 Å². The maximum Gasteiger partial charge on any atom is 0.247 e. The Bertz CT molecular complexity index is 758. The fourth-order valence-electron chi connectivity index (χ4n) is 1.88. The van der Waals surface area contributed by atoms with Crippen molar-refractivity contribution in [2.75, 3.05) is 18.5 Å². The van der Waals surface area contributed by atoms with Gasteiger partial charge in [0.15, 0.2) is 5.65 Å². The molecule has 7 heteroatoms. The van der Waals surface area contributed by atoms with Gasteiger partial charge in [0.2, 0.25) is 5.95 Å². The summed E-state index contributed by atoms with van der Waals surface area (Å²) in [7, 11) is 0. The summed E-state index contributed by atoms with van der Waals surface area (Å²) in [4.78, 5) is 4.36. The number of ether oxygens (including phenoxy) is 1. The number of nitrogens with two attached hydrogens (primary N) is 1. The van der Waals surface area contributed by atoms with Crippen molar-refractivity contribution in [1.29, 1.82) is 0 Å². The minimum absolute atomic E-state index is 0.479. The molecule has 21 heavy (non-hydrogen) atoms. The van der Waals surface area contributed by atoms with E-state index < -0.39 is 0 Å². The molecule has 0 saturated carbocycles. The Labute approximate surface area is 126 Å². The van der Waals surface area contributed by atoms with Crippen molar-refractivity contribution in [2.45, 2.75) is 0 Å². The monoisotopic (exact) mass is 303 g/mol. The van der Waals surface area contributed by atoms with Gasteiger partial charge in [-0.2, -0.15) is 4.98 Å². The molecule has 0 spiro atoms. The molecule has 108 valence electrons. The molecule has 3 rings (SSSR count). The third kappa shape index (κ3) is 3.24. The summed E-state index contributed by atoms with van der Waals surface area (Å²) in [5.41, 5.74) is 6.98. The number of fused-ring (bicyclic) bond motifs is 1. The molecule has 0 aliphatic carbocycles. The molecule has 3 aromatic rings. The van der Waals surface area contributed by atoms with E-state index in [1.54, 1.807) is 22.8 Å². The highest BCUT2D eigenvalue weighted by Gasteiger charge is 2.05. The van der Waals surface area contributed by atoms with Crippen LogP contribution >= 0.6 is 11.6 Å². The third-order valence-corrected chi connectivity index (χ3v) is 3.00. The molecule has 3 N–H and O–H groups in total. The van der Waals surface area contributed by atoms with Gasteiger partial charge in [-0.3, -0.25) is 0 Å². The first-order valence-electron chi connectivity index (χ1n) is 6.46. The lowest BCUT2D eigenvalue weighted by molar-refractivity contribution is 0.328. The molecule has 0 unspecified atom stereocenters. The summed E-state index contributed by atoms with van der Waals surface area (Å²) < 4.78 is 7.10. The summed E-state index contributed by atoms with van der Waals surface area (Å²) >= 11 is 5.92. The topological polar surface area (TPSA) is 77.5 Å². The summed E-state index contributed by atoms with van der Waals surface area (Å²) in [6.45, 7) is 0.959. The molecule has 6 nitrogen and oxygen atoms in total. The average Bonchev–Trinajstić information content (AvgIpc) is 2.86. The lowest BCUT2D eigenvalue weighted by Gasteiger charge is -2.06. The number of aromatic nitrogens is 3. The Hall–Kier alpha value is -2.31. The van der Waals surface area contributed by atoms with Crippen molar-refractivity contribution in [3.05, 3.63) is 47.6 Å². The fourth-order valence-corrected chi connectivity index (χ4v) is 2.04. The smallest absolute Gasteiger partial charge is 0.247 e. The van der Waals surface area contributed by atoms with Crippen molar-refractivity contribution in [1.82, 2.24) is 14.6 Å². The number of hydrogen-bond donors (Lipinski definition) is 2. The number of nitrogens with one attached hydrogen (secondary N) is 1. The predicted octanol–water partition coefficient (Wildman–Crippen LogP) is 2.46. The van der Waals surface area contributed by atoms with Crippen LogP contribution in [0.1, 0.15) is 0 Å². The van der Waals surface area contributed by atoms with E-state index in [1.165, 1.54) is 0 Å². The van der Waals surface area contributed by atoms with E-state index in [2.05, 4.69) is 15.4 Å². The van der Waals surface area contributed by atoms with Crippen LogP contribution < -0.4 is 15.8 Å². The largest absolute Gasteiger partial charge is 0.492 e. The van der Waals surface area contributed by atoms with Crippen molar-refractivity contribution in [3.8, 4) is 5.75 Å². The highest BCUT2D eigenvalue weighted by Crippen LogP contribution is 2.20. The quantitative estimate of drug-likeness (QED) is 0.757. The lowest BCUT2D eigenvalue weighted by Crippen LogP contribution is -2.10. The Kier molecular flexibility index (Phi) is 3.89. The van der Waals surface area contributed by atoms with E-state index in [9.17, 15) is 0 Å². The van der Waals surface area contributed by atoms with Crippen LogP contribution in [0, 0.1) is 0 Å². The second-order valence-electron chi connectivity index (χ2n) is 4.38. The molecular formula is C14H14ClN5O. The molecule has 0 aliphatic heterocycles. The van der Waals surface area contributed by atoms with E-state index >= 15 is 0 Å². The first kappa shape index (κ1) is 13.7. The van der Waals surface area contributed by atoms with Crippen molar-refractivity contribution >= 4 is 28.9 Å². The molecule has 0 bridgehead atoms. The molecular weight excluding hydrogens is 290 g/mol. The van der Waals surface area contributed by atoms with Crippen LogP contribution in [-0.4, -0.2) is 27.7 Å². The molecule has 0 saturated heterocycles. The number of pyridine rings is 1. The van der Waals surface area contributed by atoms with Gasteiger partial charge in [-0.05, 0) is 24.3 Å². The molecule has 0 fully saturated rings. The van der Waals surface area contributed by atoms with Crippen LogP contribution in [-0.2, 0) is 0 Å². The number of halogens is 1. The molecule has 0 amide bonds. The zero-order valence-corrected chi connectivity index (χ0v) is 11.9. The summed E-state index contributed by atoms with van der Waals surface area (Å²) in [6, 6.07) is 11.1. The molecule has 0 atom stereocenters. The zero-order chi connectivity index (χ0) is 14.7. The fraction of sp³-hybridized carbons (Fsp3) is 0.143. The highest BCUT2D eigenvalue weighted by atomic mass is 35.5. The van der Waals surface area contributed by atoms with Crippen molar-refractivity contribution in [3.63, 3.8) is 0 Å². The van der Waals surface area contributed by atoms with Gasteiger partial charge in [-0.1, -0.05) is 17.7 Å². The number of nitrogens with zero attached hydrogens (tertiary/aromatic N) is 3. The van der Waals surface area contributed by atoms with Gasteiger partial charge in [0.25, 0.3) is 0 Å². The third-order valence-electron chi connectivity index (χ3n) is 2.77. The summed E-state index contributed by atoms with van der Waals surface area (Å²) in [5, 5.41) is 8.05. The van der Waals surface area contributed by atoms with E-state index in [0.29, 0.717) is 24.1 Å². The SMILES string of the molecule is NCCOc1cccc(Nc2nc3ccc(Cl)cn3n2)c1. The summed E-state index contributed by atoms with van der Waals surface area (Å²) in [6.07, 6.45) is 1.70. The first-order chi connectivity index (χ1) is 10.2. The Morgan fingerprint density at radius 2 is 2.19 bits per heavy atom. The normalized spacial score (nSPS) is 10.8. The molecule has 1 aromatic carbocycles. The van der Waals surface area contributed by atoms with E-state index in [-0.39, 0.29) is 0 Å². The summed E-state index contributed by atoms with van der Waals surface area (Å²) in [5.74, 6) is 1.24. The van der Waals surface area contributed by atoms with Crippen LogP contribution in [0.25, 0.3) is 5.65 Å². The van der Waals surface area contributed by atoms with Crippen molar-refractivity contribution < 1.29 is 4.74 Å². The van der Waals surface area contributed by atoms with Gasteiger partial charge in [0.1, 0.15) is 12.4 Å². The first-order valence-corrected chi connectivity index (χ1v) is 6.84. The second kappa shape index (κ2) is 5.99. The van der Waals surface area contributed by atoms with Crippen LogP contribution in [0.15, 0.2) is 42.6 Å². The zero-order valence-electron chi connectivity index (χ0n) is 11.2. The Morgan fingerprint density at radius 3 is 3.05 bits per heavy atom. The lowest BCUT2D eigenvalue weighted by atomic mass is 10.3. The average molecular weight is 304 g/mol. The van der Waals surface area contributed by atoms with Crippen molar-refractivity contribution in [2.24, 2.45) is 5.73 Å². The second-order valence-corrected chi connectivity index (χ2v) is 4.81. The maximum atomic E-state index is 5.92. The van der Waals surface area contributed by atoms with E-state index in [4.69, 9.17) is 22.1 Å². The number of anilines is 2. The molecule has 0 aliphatic rings. The molecule has 2 heterocycles. The number of benzene rings is 1. The minimum atomic E-state index is 0.479. The Morgan fingerprint density at radius 1 is 1.29 bits per heavy atom. The Balaban J connectivity index is 1.81. The van der Waals surface area contributed by atoms with Gasteiger partial charge in [-0.25, -0.2) is 4.52 Å². The van der Waals surface area contributed by atoms with Crippen LogP contribution in [0.2, 0.25) is 5.02 Å². The van der Waals surface area contributed by atoms with Gasteiger partial charge < -0.3 is 15.8 Å². The van der Waals surface area contributed by atoms with Crippen LogP contribution in [0.4, 0.5) is 11.6 Å². The highest BCUT2D eigenvalue weighted by molar-refractivity contribution is 6.30. The minimum Gasteiger partial charge on any atom is -0.492 e. The number of hydrogen-bond acceptors (Lipinski definition) is 5.